The summed E-state index contributed by atoms with van der Waals surface area (Å²) < 4.78 is 5.23. The van der Waals surface area contributed by atoms with Crippen molar-refractivity contribution in [2.45, 2.75) is 20.3 Å². The molecule has 1 aliphatic heterocycles. The van der Waals surface area contributed by atoms with Gasteiger partial charge in [-0.2, -0.15) is 0 Å². The van der Waals surface area contributed by atoms with Crippen LogP contribution < -0.4 is 5.32 Å². The number of amides is 1. The highest BCUT2D eigenvalue weighted by Gasteiger charge is 2.25. The van der Waals surface area contributed by atoms with E-state index in [4.69, 9.17) is 9.41 Å². The van der Waals surface area contributed by atoms with Crippen molar-refractivity contribution < 1.29 is 9.21 Å². The second-order valence-electron chi connectivity index (χ2n) is 6.84. The molecule has 3 rings (SSSR count). The van der Waals surface area contributed by atoms with Crippen molar-refractivity contribution in [1.29, 1.82) is 0 Å². The summed E-state index contributed by atoms with van der Waals surface area (Å²) in [5.41, 5.74) is 0. The van der Waals surface area contributed by atoms with Crippen LogP contribution in [0.3, 0.4) is 0 Å². The molecule has 1 saturated heterocycles. The van der Waals surface area contributed by atoms with Gasteiger partial charge in [-0.25, -0.2) is 0 Å². The number of hydrogen-bond donors (Lipinski definition) is 1. The van der Waals surface area contributed by atoms with E-state index >= 15 is 0 Å². The van der Waals surface area contributed by atoms with Crippen LogP contribution in [0.15, 0.2) is 45.3 Å². The van der Waals surface area contributed by atoms with Crippen molar-refractivity contribution in [1.82, 2.24) is 15.1 Å². The summed E-state index contributed by atoms with van der Waals surface area (Å²) in [6.07, 6.45) is 2.60. The van der Waals surface area contributed by atoms with E-state index in [1.807, 2.05) is 4.90 Å². The van der Waals surface area contributed by atoms with Gasteiger partial charge in [-0.15, -0.1) is 35.3 Å². The van der Waals surface area contributed by atoms with E-state index in [-0.39, 0.29) is 29.9 Å². The van der Waals surface area contributed by atoms with E-state index < -0.39 is 0 Å². The lowest BCUT2D eigenvalue weighted by Gasteiger charge is -2.36. The fraction of sp³-hybridized carbons (Fsp3) is 0.500. The van der Waals surface area contributed by atoms with Crippen molar-refractivity contribution in [3.05, 3.63) is 46.5 Å². The fourth-order valence-corrected chi connectivity index (χ4v) is 4.05. The topological polar surface area (TPSA) is 61.1 Å². The minimum atomic E-state index is -0.0360. The molecule has 1 aliphatic rings. The van der Waals surface area contributed by atoms with Gasteiger partial charge >= 0.3 is 0 Å². The molecule has 1 fully saturated rings. The van der Waals surface area contributed by atoms with Gasteiger partial charge < -0.3 is 19.5 Å². The summed E-state index contributed by atoms with van der Waals surface area (Å²) in [7, 11) is 0. The van der Waals surface area contributed by atoms with Crippen molar-refractivity contribution in [2.24, 2.45) is 10.9 Å². The largest absolute Gasteiger partial charge is 0.459 e. The normalized spacial score (nSPS) is 15.9. The Morgan fingerprint density at radius 3 is 2.61 bits per heavy atom. The smallest absolute Gasteiger partial charge is 0.289 e. The number of furan rings is 1. The molecule has 0 saturated carbocycles. The molecule has 28 heavy (non-hydrogen) atoms. The van der Waals surface area contributed by atoms with E-state index in [2.05, 4.69) is 41.6 Å². The first-order valence-electron chi connectivity index (χ1n) is 9.55. The number of piperazine rings is 1. The lowest BCUT2D eigenvalue weighted by atomic mass is 10.1. The van der Waals surface area contributed by atoms with Gasteiger partial charge in [-0.1, -0.05) is 13.0 Å². The number of nitrogens with one attached hydrogen (secondary N) is 1. The van der Waals surface area contributed by atoms with Crippen molar-refractivity contribution in [3.63, 3.8) is 0 Å². The molecule has 6 nitrogen and oxygen atoms in total. The minimum Gasteiger partial charge on any atom is -0.459 e. The zero-order valence-corrected chi connectivity index (χ0v) is 19.6. The molecular weight excluding hydrogens is 487 g/mol. The molecule has 2 aromatic rings. The maximum atomic E-state index is 12.4. The molecule has 0 bridgehead atoms. The standard InChI is InChI=1S/C20H28N4O2S.HI/c1-3-21-20(22-15-16(2)14-17-6-5-13-27-17)24-10-8-23(9-11-24)19(25)18-7-4-12-26-18;/h4-7,12-13,16H,3,8-11,14-15H2,1-2H3,(H,21,22);1H. The maximum absolute atomic E-state index is 12.4. The third-order valence-electron chi connectivity index (χ3n) is 4.62. The maximum Gasteiger partial charge on any atom is 0.289 e. The average Bonchev–Trinajstić information content (AvgIpc) is 3.39. The third kappa shape index (κ3) is 6.23. The summed E-state index contributed by atoms with van der Waals surface area (Å²) in [5.74, 6) is 1.82. The summed E-state index contributed by atoms with van der Waals surface area (Å²) >= 11 is 1.81. The molecule has 1 N–H and O–H groups in total. The van der Waals surface area contributed by atoms with E-state index in [9.17, 15) is 4.79 Å². The number of guanidine groups is 1. The number of halogens is 1. The second kappa shape index (κ2) is 11.5. The van der Waals surface area contributed by atoms with Gasteiger partial charge in [0, 0.05) is 44.1 Å². The van der Waals surface area contributed by atoms with Crippen LogP contribution in [0.2, 0.25) is 0 Å². The van der Waals surface area contributed by atoms with Gasteiger partial charge in [0.05, 0.1) is 6.26 Å². The predicted molar refractivity (Wildman–Crippen MR) is 125 cm³/mol. The van der Waals surface area contributed by atoms with E-state index in [1.54, 1.807) is 23.5 Å². The van der Waals surface area contributed by atoms with Crippen LogP contribution in [0.25, 0.3) is 0 Å². The Balaban J connectivity index is 0.00000280. The van der Waals surface area contributed by atoms with Gasteiger partial charge in [-0.05, 0) is 42.8 Å². The Morgan fingerprint density at radius 1 is 1.25 bits per heavy atom. The Morgan fingerprint density at radius 2 is 2.00 bits per heavy atom. The molecule has 3 heterocycles. The molecule has 154 valence electrons. The second-order valence-corrected chi connectivity index (χ2v) is 7.87. The van der Waals surface area contributed by atoms with E-state index in [1.165, 1.54) is 11.1 Å². The Kier molecular flexibility index (Phi) is 9.30. The Bertz CT molecular complexity index is 725. The first kappa shape index (κ1) is 22.7. The third-order valence-corrected chi connectivity index (χ3v) is 5.51. The summed E-state index contributed by atoms with van der Waals surface area (Å²) in [5, 5.41) is 5.52. The molecule has 0 radical (unpaired) electrons. The zero-order valence-electron chi connectivity index (χ0n) is 16.5. The van der Waals surface area contributed by atoms with E-state index in [0.29, 0.717) is 24.8 Å². The van der Waals surface area contributed by atoms with Crippen molar-refractivity contribution >= 4 is 47.2 Å². The predicted octanol–water partition coefficient (Wildman–Crippen LogP) is 3.56. The highest BCUT2D eigenvalue weighted by Crippen LogP contribution is 2.15. The number of carbonyl (C=O) groups excluding carboxylic acids is 1. The number of nitrogens with zero attached hydrogens (tertiary/aromatic N) is 3. The van der Waals surface area contributed by atoms with Crippen LogP contribution in [0.5, 0.6) is 0 Å². The van der Waals surface area contributed by atoms with Crippen LogP contribution in [-0.4, -0.2) is 60.9 Å². The van der Waals surface area contributed by atoms with Crippen LogP contribution >= 0.6 is 35.3 Å². The van der Waals surface area contributed by atoms with E-state index in [0.717, 1.165) is 38.6 Å². The number of rotatable bonds is 6. The molecule has 0 aliphatic carbocycles. The molecule has 1 unspecified atom stereocenters. The van der Waals surface area contributed by atoms with Gasteiger partial charge in [0.25, 0.3) is 5.91 Å². The summed E-state index contributed by atoms with van der Waals surface area (Å²) in [6, 6.07) is 7.75. The quantitative estimate of drug-likeness (QED) is 0.363. The van der Waals surface area contributed by atoms with Gasteiger partial charge in [0.1, 0.15) is 0 Å². The molecule has 2 aromatic heterocycles. The summed E-state index contributed by atoms with van der Waals surface area (Å²) in [4.78, 5) is 22.7. The van der Waals surface area contributed by atoms with Gasteiger partial charge in [0.2, 0.25) is 0 Å². The lowest BCUT2D eigenvalue weighted by molar-refractivity contribution is 0.0657. The van der Waals surface area contributed by atoms with Gasteiger partial charge in [-0.3, -0.25) is 9.79 Å². The highest BCUT2D eigenvalue weighted by molar-refractivity contribution is 14.0. The molecule has 0 aromatic carbocycles. The minimum absolute atomic E-state index is 0. The first-order chi connectivity index (χ1) is 13.2. The molecule has 1 amide bonds. The zero-order chi connectivity index (χ0) is 19.1. The molecule has 8 heteroatoms. The monoisotopic (exact) mass is 516 g/mol. The number of thiophene rings is 1. The van der Waals surface area contributed by atoms with Crippen LogP contribution in [0.4, 0.5) is 0 Å². The molecular formula is C20H29IN4O2S. The Labute approximate surface area is 188 Å². The lowest BCUT2D eigenvalue weighted by Crippen LogP contribution is -2.53. The first-order valence-corrected chi connectivity index (χ1v) is 10.4. The van der Waals surface area contributed by atoms with Gasteiger partial charge in [0.15, 0.2) is 11.7 Å². The summed E-state index contributed by atoms with van der Waals surface area (Å²) in [6.45, 7) is 8.86. The van der Waals surface area contributed by atoms with Crippen molar-refractivity contribution in [2.75, 3.05) is 39.3 Å². The average molecular weight is 516 g/mol. The van der Waals surface area contributed by atoms with Crippen LogP contribution in [0, 0.1) is 5.92 Å². The highest BCUT2D eigenvalue weighted by atomic mass is 127. The van der Waals surface area contributed by atoms with Crippen molar-refractivity contribution in [3.8, 4) is 0 Å². The van der Waals surface area contributed by atoms with Crippen LogP contribution in [-0.2, 0) is 6.42 Å². The molecule has 1 atom stereocenters. The number of hydrogen-bond acceptors (Lipinski definition) is 4. The molecule has 0 spiro atoms. The number of aliphatic imine (C=N–C) groups is 1. The number of carbonyl (C=O) groups is 1. The Hall–Kier alpha value is -1.55. The fourth-order valence-electron chi connectivity index (χ4n) is 3.18. The SMILES string of the molecule is CCNC(=NCC(C)Cc1cccs1)N1CCN(C(=O)c2ccco2)CC1.I. The van der Waals surface area contributed by atoms with Crippen LogP contribution in [0.1, 0.15) is 29.3 Å².